The summed E-state index contributed by atoms with van der Waals surface area (Å²) in [6.07, 6.45) is 3.40. The van der Waals surface area contributed by atoms with Crippen molar-refractivity contribution in [3.8, 4) is 11.5 Å². The van der Waals surface area contributed by atoms with Crippen molar-refractivity contribution in [1.82, 2.24) is 9.97 Å². The number of benzene rings is 2. The monoisotopic (exact) mass is 473 g/mol. The van der Waals surface area contributed by atoms with E-state index in [4.69, 9.17) is 32.7 Å². The van der Waals surface area contributed by atoms with Gasteiger partial charge in [-0.25, -0.2) is 4.98 Å². The van der Waals surface area contributed by atoms with E-state index in [1.807, 2.05) is 30.3 Å². The zero-order valence-electron chi connectivity index (χ0n) is 16.4. The number of nitrogens with zero attached hydrogens (tertiary/aromatic N) is 3. The summed E-state index contributed by atoms with van der Waals surface area (Å²) < 4.78 is 11.9. The van der Waals surface area contributed by atoms with Crippen molar-refractivity contribution in [1.29, 1.82) is 0 Å². The molecule has 0 spiro atoms. The van der Waals surface area contributed by atoms with E-state index >= 15 is 0 Å². The molecule has 31 heavy (non-hydrogen) atoms. The molecule has 0 radical (unpaired) electrons. The van der Waals surface area contributed by atoms with Gasteiger partial charge in [-0.3, -0.25) is 14.7 Å². The van der Waals surface area contributed by atoms with Crippen LogP contribution in [0.1, 0.15) is 5.56 Å². The van der Waals surface area contributed by atoms with Crippen molar-refractivity contribution in [3.63, 3.8) is 0 Å². The van der Waals surface area contributed by atoms with Crippen LogP contribution in [0.25, 0.3) is 10.2 Å². The van der Waals surface area contributed by atoms with Crippen LogP contribution in [-0.2, 0) is 11.3 Å². The molecule has 2 aromatic carbocycles. The molecule has 4 aromatic rings. The van der Waals surface area contributed by atoms with E-state index in [-0.39, 0.29) is 12.5 Å². The molecule has 158 valence electrons. The Hall–Kier alpha value is -2.87. The highest BCUT2D eigenvalue weighted by atomic mass is 35.5. The van der Waals surface area contributed by atoms with Gasteiger partial charge >= 0.3 is 0 Å². The molecule has 0 saturated carbocycles. The molecule has 2 aromatic heterocycles. The maximum Gasteiger partial charge on any atom is 0.267 e. The molecule has 0 aliphatic heterocycles. The van der Waals surface area contributed by atoms with Gasteiger partial charge in [0.25, 0.3) is 5.91 Å². The Kier molecular flexibility index (Phi) is 6.56. The molecule has 1 amide bonds. The number of hydrogen-bond donors (Lipinski definition) is 0. The van der Waals surface area contributed by atoms with E-state index in [9.17, 15) is 4.79 Å². The van der Waals surface area contributed by atoms with Crippen molar-refractivity contribution in [3.05, 3.63) is 76.5 Å². The number of hydrogen-bond acceptors (Lipinski definition) is 6. The molecular formula is C22H17Cl2N3O3S. The third-order valence-corrected chi connectivity index (χ3v) is 6.01. The number of pyridine rings is 1. The molecule has 0 bridgehead atoms. The molecule has 9 heteroatoms. The number of carbonyl (C=O) groups is 1. The average Bonchev–Trinajstić information content (AvgIpc) is 3.20. The number of ether oxygens (including phenoxy) is 2. The maximum atomic E-state index is 13.2. The zero-order chi connectivity index (χ0) is 21.8. The van der Waals surface area contributed by atoms with Gasteiger partial charge < -0.3 is 9.47 Å². The van der Waals surface area contributed by atoms with Crippen molar-refractivity contribution in [2.24, 2.45) is 0 Å². The molecule has 4 rings (SSSR count). The van der Waals surface area contributed by atoms with E-state index in [0.29, 0.717) is 33.2 Å². The minimum absolute atomic E-state index is 0.207. The predicted octanol–water partition coefficient (Wildman–Crippen LogP) is 5.62. The number of carbonyl (C=O) groups excluding carboxylic acids is 1. The van der Waals surface area contributed by atoms with Crippen molar-refractivity contribution in [2.45, 2.75) is 6.54 Å². The quantitative estimate of drug-likeness (QED) is 0.348. The van der Waals surface area contributed by atoms with Crippen molar-refractivity contribution < 1.29 is 14.3 Å². The molecule has 0 atom stereocenters. The topological polar surface area (TPSA) is 64.5 Å². The first-order chi connectivity index (χ1) is 15.0. The molecule has 6 nitrogen and oxygen atoms in total. The number of methoxy groups -OCH3 is 1. The Bertz CT molecular complexity index is 1220. The molecule has 0 unspecified atom stereocenters. The van der Waals surface area contributed by atoms with Crippen LogP contribution in [0.5, 0.6) is 11.5 Å². The van der Waals surface area contributed by atoms with Gasteiger partial charge in [-0.15, -0.1) is 0 Å². The highest BCUT2D eigenvalue weighted by Crippen LogP contribution is 2.32. The second kappa shape index (κ2) is 9.51. The Morgan fingerprint density at radius 3 is 2.77 bits per heavy atom. The van der Waals surface area contributed by atoms with Gasteiger partial charge in [-0.05, 0) is 42.0 Å². The summed E-state index contributed by atoms with van der Waals surface area (Å²) in [6.45, 7) is 0.0994. The van der Waals surface area contributed by atoms with Gasteiger partial charge in [0.05, 0.1) is 28.9 Å². The highest BCUT2D eigenvalue weighted by Gasteiger charge is 2.21. The fourth-order valence-corrected chi connectivity index (χ4v) is 4.31. The Morgan fingerprint density at radius 1 is 1.16 bits per heavy atom. The highest BCUT2D eigenvalue weighted by molar-refractivity contribution is 7.22. The van der Waals surface area contributed by atoms with Crippen molar-refractivity contribution in [2.75, 3.05) is 18.6 Å². The second-order valence-electron chi connectivity index (χ2n) is 6.53. The van der Waals surface area contributed by atoms with E-state index in [0.717, 1.165) is 15.8 Å². The summed E-state index contributed by atoms with van der Waals surface area (Å²) in [5.74, 6) is 0.825. The van der Waals surface area contributed by atoms with Gasteiger partial charge in [0.1, 0.15) is 11.5 Å². The second-order valence-corrected chi connectivity index (χ2v) is 8.39. The Labute approximate surface area is 193 Å². The van der Waals surface area contributed by atoms with Gasteiger partial charge in [0.15, 0.2) is 11.7 Å². The maximum absolute atomic E-state index is 13.2. The summed E-state index contributed by atoms with van der Waals surface area (Å²) in [6, 6.07) is 14.2. The third kappa shape index (κ3) is 5.07. The lowest BCUT2D eigenvalue weighted by atomic mass is 10.2. The first kappa shape index (κ1) is 21.4. The van der Waals surface area contributed by atoms with Crippen LogP contribution in [-0.4, -0.2) is 29.6 Å². The van der Waals surface area contributed by atoms with Crippen LogP contribution in [0, 0.1) is 0 Å². The molecule has 0 fully saturated rings. The van der Waals surface area contributed by atoms with E-state index in [1.54, 1.807) is 42.6 Å². The average molecular weight is 474 g/mol. The van der Waals surface area contributed by atoms with Gasteiger partial charge in [-0.1, -0.05) is 40.6 Å². The number of amides is 1. The lowest BCUT2D eigenvalue weighted by Gasteiger charge is -2.20. The fourth-order valence-electron chi connectivity index (χ4n) is 2.88. The minimum atomic E-state index is -0.263. The summed E-state index contributed by atoms with van der Waals surface area (Å²) >= 11 is 13.5. The van der Waals surface area contributed by atoms with E-state index < -0.39 is 0 Å². The summed E-state index contributed by atoms with van der Waals surface area (Å²) in [4.78, 5) is 23.5. The number of anilines is 1. The standard InChI is InChI=1S/C22H17Cl2N3O3S/c1-29-16-5-7-20-18(10-16)26-22(31-20)27(12-14-3-2-8-25-11-14)21(28)13-30-19-6-4-15(23)9-17(19)24/h2-11H,12-13H2,1H3. The van der Waals surface area contributed by atoms with Crippen LogP contribution >= 0.6 is 34.5 Å². The van der Waals surface area contributed by atoms with Crippen LogP contribution in [0.4, 0.5) is 5.13 Å². The predicted molar refractivity (Wildman–Crippen MR) is 124 cm³/mol. The lowest BCUT2D eigenvalue weighted by Crippen LogP contribution is -2.34. The van der Waals surface area contributed by atoms with Gasteiger partial charge in [-0.2, -0.15) is 0 Å². The van der Waals surface area contributed by atoms with Crippen LogP contribution in [0.2, 0.25) is 10.0 Å². The van der Waals surface area contributed by atoms with E-state index in [2.05, 4.69) is 9.97 Å². The molecular weight excluding hydrogens is 457 g/mol. The molecule has 0 saturated heterocycles. The van der Waals surface area contributed by atoms with Gasteiger partial charge in [0, 0.05) is 23.5 Å². The molecule has 0 aliphatic rings. The zero-order valence-corrected chi connectivity index (χ0v) is 18.7. The fraction of sp³-hybridized carbons (Fsp3) is 0.136. The Morgan fingerprint density at radius 2 is 2.03 bits per heavy atom. The van der Waals surface area contributed by atoms with Crippen LogP contribution in [0.3, 0.4) is 0 Å². The normalized spacial score (nSPS) is 10.8. The largest absolute Gasteiger partial charge is 0.497 e. The number of fused-ring (bicyclic) bond motifs is 1. The van der Waals surface area contributed by atoms with E-state index in [1.165, 1.54) is 11.3 Å². The number of aromatic nitrogens is 2. The first-order valence-electron chi connectivity index (χ1n) is 9.25. The summed E-state index contributed by atoms with van der Waals surface area (Å²) in [5, 5.41) is 1.39. The molecule has 0 N–H and O–H groups in total. The molecule has 2 heterocycles. The SMILES string of the molecule is COc1ccc2sc(N(Cc3cccnc3)C(=O)COc3ccc(Cl)cc3Cl)nc2c1. The number of halogens is 2. The molecule has 0 aliphatic carbocycles. The number of rotatable bonds is 7. The van der Waals surface area contributed by atoms with Crippen molar-refractivity contribution >= 4 is 55.8 Å². The minimum Gasteiger partial charge on any atom is -0.497 e. The van der Waals surface area contributed by atoms with Crippen LogP contribution < -0.4 is 14.4 Å². The first-order valence-corrected chi connectivity index (χ1v) is 10.8. The Balaban J connectivity index is 1.61. The third-order valence-electron chi connectivity index (χ3n) is 4.42. The van der Waals surface area contributed by atoms with Crippen LogP contribution in [0.15, 0.2) is 60.9 Å². The summed E-state index contributed by atoms with van der Waals surface area (Å²) in [5.41, 5.74) is 1.63. The lowest BCUT2D eigenvalue weighted by molar-refractivity contribution is -0.120. The number of thiazole rings is 1. The summed E-state index contributed by atoms with van der Waals surface area (Å²) in [7, 11) is 1.60. The van der Waals surface area contributed by atoms with Gasteiger partial charge in [0.2, 0.25) is 0 Å². The smallest absolute Gasteiger partial charge is 0.267 e.